The topological polar surface area (TPSA) is 26.0 Å². The lowest BCUT2D eigenvalue weighted by Crippen LogP contribution is -2.13. The van der Waals surface area contributed by atoms with Gasteiger partial charge >= 0.3 is 0 Å². The van der Waals surface area contributed by atoms with Gasteiger partial charge in [-0.05, 0) is 55.2 Å². The minimum atomic E-state index is 0.784. The second-order valence-corrected chi connectivity index (χ2v) is 6.94. The molecule has 0 unspecified atom stereocenters. The van der Waals surface area contributed by atoms with Gasteiger partial charge in [0.25, 0.3) is 0 Å². The standard InChI is InChI=1S/C20H33N/c1-2-3-4-5-6-7-8-17-9-11-18(12-10-17)19-13-15-20(21)16-14-19/h13-18H,2-12,21H2,1H3. The zero-order valence-corrected chi connectivity index (χ0v) is 13.8. The minimum Gasteiger partial charge on any atom is -0.399 e. The molecule has 1 fully saturated rings. The van der Waals surface area contributed by atoms with Crippen molar-refractivity contribution in [3.8, 4) is 0 Å². The predicted octanol–water partition coefficient (Wildman–Crippen LogP) is 6.29. The molecule has 0 atom stereocenters. The van der Waals surface area contributed by atoms with Crippen molar-refractivity contribution in [3.05, 3.63) is 29.8 Å². The number of nitrogen functional groups attached to an aromatic ring is 1. The third-order valence-corrected chi connectivity index (χ3v) is 5.22. The van der Waals surface area contributed by atoms with E-state index in [0.717, 1.165) is 17.5 Å². The van der Waals surface area contributed by atoms with Gasteiger partial charge < -0.3 is 5.73 Å². The van der Waals surface area contributed by atoms with E-state index < -0.39 is 0 Å². The molecule has 1 aliphatic rings. The molecule has 0 spiro atoms. The fraction of sp³-hybridized carbons (Fsp3) is 0.700. The van der Waals surface area contributed by atoms with Crippen LogP contribution in [-0.4, -0.2) is 0 Å². The number of unbranched alkanes of at least 4 members (excludes halogenated alkanes) is 5. The molecule has 0 radical (unpaired) electrons. The smallest absolute Gasteiger partial charge is 0.0314 e. The maximum atomic E-state index is 5.78. The van der Waals surface area contributed by atoms with Crippen molar-refractivity contribution in [1.82, 2.24) is 0 Å². The Bertz CT molecular complexity index is 373. The van der Waals surface area contributed by atoms with E-state index in [0.29, 0.717) is 0 Å². The molecule has 0 saturated heterocycles. The van der Waals surface area contributed by atoms with Crippen molar-refractivity contribution in [2.24, 2.45) is 5.92 Å². The third kappa shape index (κ3) is 5.73. The summed E-state index contributed by atoms with van der Waals surface area (Å²) in [4.78, 5) is 0. The van der Waals surface area contributed by atoms with Crippen LogP contribution in [0.2, 0.25) is 0 Å². The highest BCUT2D eigenvalue weighted by atomic mass is 14.5. The van der Waals surface area contributed by atoms with Crippen LogP contribution in [0, 0.1) is 5.92 Å². The molecule has 21 heavy (non-hydrogen) atoms. The van der Waals surface area contributed by atoms with Gasteiger partial charge in [-0.3, -0.25) is 0 Å². The Morgan fingerprint density at radius 2 is 1.48 bits per heavy atom. The van der Waals surface area contributed by atoms with Gasteiger partial charge in [-0.2, -0.15) is 0 Å². The lowest BCUT2D eigenvalue weighted by molar-refractivity contribution is 0.302. The van der Waals surface area contributed by atoms with Gasteiger partial charge in [-0.1, -0.05) is 64.0 Å². The van der Waals surface area contributed by atoms with Gasteiger partial charge in [0.2, 0.25) is 0 Å². The summed E-state index contributed by atoms with van der Waals surface area (Å²) in [5.74, 6) is 1.78. The number of hydrogen-bond donors (Lipinski definition) is 1. The highest BCUT2D eigenvalue weighted by Crippen LogP contribution is 2.37. The summed E-state index contributed by atoms with van der Waals surface area (Å²) >= 11 is 0. The van der Waals surface area contributed by atoms with E-state index in [4.69, 9.17) is 5.73 Å². The van der Waals surface area contributed by atoms with E-state index in [-0.39, 0.29) is 0 Å². The third-order valence-electron chi connectivity index (χ3n) is 5.22. The molecule has 1 nitrogen and oxygen atoms in total. The highest BCUT2D eigenvalue weighted by molar-refractivity contribution is 5.40. The van der Waals surface area contributed by atoms with Gasteiger partial charge in [0, 0.05) is 5.69 Å². The van der Waals surface area contributed by atoms with E-state index in [1.165, 1.54) is 76.2 Å². The first-order valence-electron chi connectivity index (χ1n) is 9.15. The van der Waals surface area contributed by atoms with Crippen LogP contribution >= 0.6 is 0 Å². The second kappa shape index (κ2) is 9.12. The van der Waals surface area contributed by atoms with Crippen LogP contribution in [0.1, 0.15) is 89.0 Å². The first-order chi connectivity index (χ1) is 10.3. The molecule has 0 aliphatic heterocycles. The molecule has 1 aromatic rings. The van der Waals surface area contributed by atoms with Gasteiger partial charge in [0.05, 0.1) is 0 Å². The molecule has 2 rings (SSSR count). The molecule has 1 aromatic carbocycles. The van der Waals surface area contributed by atoms with Crippen molar-refractivity contribution in [1.29, 1.82) is 0 Å². The Morgan fingerprint density at radius 3 is 2.14 bits per heavy atom. The van der Waals surface area contributed by atoms with Crippen LogP contribution in [0.25, 0.3) is 0 Å². The molecule has 1 saturated carbocycles. The predicted molar refractivity (Wildman–Crippen MR) is 93.5 cm³/mol. The first kappa shape index (κ1) is 16.4. The fourth-order valence-corrected chi connectivity index (χ4v) is 3.77. The maximum Gasteiger partial charge on any atom is 0.0314 e. The molecule has 0 heterocycles. The summed E-state index contributed by atoms with van der Waals surface area (Å²) < 4.78 is 0. The Labute approximate surface area is 131 Å². The average Bonchev–Trinajstić information content (AvgIpc) is 2.52. The second-order valence-electron chi connectivity index (χ2n) is 6.94. The fourth-order valence-electron chi connectivity index (χ4n) is 3.77. The minimum absolute atomic E-state index is 0.784. The van der Waals surface area contributed by atoms with Crippen LogP contribution in [-0.2, 0) is 0 Å². The lowest BCUT2D eigenvalue weighted by atomic mass is 9.77. The molecule has 118 valence electrons. The molecule has 0 bridgehead atoms. The van der Waals surface area contributed by atoms with Crippen molar-refractivity contribution in [2.45, 2.75) is 83.5 Å². The first-order valence-corrected chi connectivity index (χ1v) is 9.15. The summed E-state index contributed by atoms with van der Waals surface area (Å²) in [6.07, 6.45) is 15.7. The van der Waals surface area contributed by atoms with Crippen LogP contribution in [0.5, 0.6) is 0 Å². The van der Waals surface area contributed by atoms with Crippen LogP contribution in [0.4, 0.5) is 5.69 Å². The van der Waals surface area contributed by atoms with Gasteiger partial charge in [-0.15, -0.1) is 0 Å². The quantitative estimate of drug-likeness (QED) is 0.441. The summed E-state index contributed by atoms with van der Waals surface area (Å²) in [5, 5.41) is 0. The van der Waals surface area contributed by atoms with Crippen LogP contribution < -0.4 is 5.73 Å². The molecule has 1 heteroatoms. The van der Waals surface area contributed by atoms with Crippen molar-refractivity contribution >= 4 is 5.69 Å². The molecule has 0 amide bonds. The lowest BCUT2D eigenvalue weighted by Gasteiger charge is -2.29. The average molecular weight is 287 g/mol. The zero-order chi connectivity index (χ0) is 14.9. The van der Waals surface area contributed by atoms with E-state index >= 15 is 0 Å². The highest BCUT2D eigenvalue weighted by Gasteiger charge is 2.21. The van der Waals surface area contributed by atoms with E-state index in [1.54, 1.807) is 0 Å². The maximum absolute atomic E-state index is 5.78. The summed E-state index contributed by atoms with van der Waals surface area (Å²) in [7, 11) is 0. The largest absolute Gasteiger partial charge is 0.399 e. The molecule has 1 aliphatic carbocycles. The van der Waals surface area contributed by atoms with Crippen LogP contribution in [0.15, 0.2) is 24.3 Å². The Balaban J connectivity index is 1.61. The van der Waals surface area contributed by atoms with Crippen LogP contribution in [0.3, 0.4) is 0 Å². The molecular weight excluding hydrogens is 254 g/mol. The van der Waals surface area contributed by atoms with E-state index in [2.05, 4.69) is 31.2 Å². The van der Waals surface area contributed by atoms with E-state index in [1.807, 2.05) is 0 Å². The van der Waals surface area contributed by atoms with Gasteiger partial charge in [0.15, 0.2) is 0 Å². The SMILES string of the molecule is CCCCCCCCC1CCC(c2ccc(N)cc2)CC1. The molecule has 0 aromatic heterocycles. The molecule has 2 N–H and O–H groups in total. The van der Waals surface area contributed by atoms with Gasteiger partial charge in [0.1, 0.15) is 0 Å². The van der Waals surface area contributed by atoms with Crippen molar-refractivity contribution < 1.29 is 0 Å². The number of anilines is 1. The Morgan fingerprint density at radius 1 is 0.857 bits per heavy atom. The number of hydrogen-bond acceptors (Lipinski definition) is 1. The van der Waals surface area contributed by atoms with Gasteiger partial charge in [-0.25, -0.2) is 0 Å². The molecular formula is C20H33N. The number of benzene rings is 1. The zero-order valence-electron chi connectivity index (χ0n) is 13.8. The number of nitrogens with two attached hydrogens (primary N) is 1. The summed E-state index contributed by atoms with van der Waals surface area (Å²) in [5.41, 5.74) is 8.16. The monoisotopic (exact) mass is 287 g/mol. The number of rotatable bonds is 8. The summed E-state index contributed by atoms with van der Waals surface area (Å²) in [6, 6.07) is 8.57. The Kier molecular flexibility index (Phi) is 7.12. The normalized spacial score (nSPS) is 22.3. The van der Waals surface area contributed by atoms with Crippen molar-refractivity contribution in [2.75, 3.05) is 5.73 Å². The summed E-state index contributed by atoms with van der Waals surface area (Å²) in [6.45, 7) is 2.29. The Hall–Kier alpha value is -0.980. The van der Waals surface area contributed by atoms with Crippen molar-refractivity contribution in [3.63, 3.8) is 0 Å². The van der Waals surface area contributed by atoms with E-state index in [9.17, 15) is 0 Å².